The lowest BCUT2D eigenvalue weighted by Crippen LogP contribution is -1.88. The van der Waals surface area contributed by atoms with Gasteiger partial charge in [-0.3, -0.25) is 0 Å². The van der Waals surface area contributed by atoms with Gasteiger partial charge in [0.1, 0.15) is 5.75 Å². The molecule has 1 aromatic carbocycles. The lowest BCUT2D eigenvalue weighted by atomic mass is 10.2. The Morgan fingerprint density at radius 3 is 2.25 bits per heavy atom. The van der Waals surface area contributed by atoms with Gasteiger partial charge in [0.25, 0.3) is 0 Å². The van der Waals surface area contributed by atoms with Gasteiger partial charge < -0.3 is 4.74 Å². The van der Waals surface area contributed by atoms with Crippen LogP contribution in [0.2, 0.25) is 0 Å². The molecule has 1 rings (SSSR count). The molecule has 12 heavy (non-hydrogen) atoms. The predicted octanol–water partition coefficient (Wildman–Crippen LogP) is 4.29. The summed E-state index contributed by atoms with van der Waals surface area (Å²) in [5.74, 6) is 0.819. The van der Waals surface area contributed by atoms with Gasteiger partial charge in [0, 0.05) is 8.95 Å². The maximum atomic E-state index is 5.15. The predicted molar refractivity (Wildman–Crippen MR) is 60.8 cm³/mol. The van der Waals surface area contributed by atoms with E-state index in [0.29, 0.717) is 0 Å². The van der Waals surface area contributed by atoms with Crippen LogP contribution in [-0.4, -0.2) is 7.11 Å². The summed E-state index contributed by atoms with van der Waals surface area (Å²) in [6.45, 7) is 2.03. The van der Waals surface area contributed by atoms with Gasteiger partial charge in [0.05, 0.1) is 11.6 Å². The van der Waals surface area contributed by atoms with E-state index < -0.39 is 0 Å². The van der Waals surface area contributed by atoms with Crippen molar-refractivity contribution >= 4 is 47.8 Å². The highest BCUT2D eigenvalue weighted by Gasteiger charge is 2.10. The lowest BCUT2D eigenvalue weighted by molar-refractivity contribution is 0.411. The first kappa shape index (κ1) is 10.5. The fraction of sp³-hybridized carbons (Fsp3) is 0.250. The second kappa shape index (κ2) is 4.11. The van der Waals surface area contributed by atoms with Crippen LogP contribution in [0.15, 0.2) is 19.5 Å². The van der Waals surface area contributed by atoms with E-state index in [1.165, 1.54) is 0 Å². The highest BCUT2D eigenvalue weighted by Crippen LogP contribution is 2.38. The standard InChI is InChI=1S/C8H7Br3O/c1-4-5(9)3-6(12-2)8(11)7(4)10/h3H,1-2H3. The summed E-state index contributed by atoms with van der Waals surface area (Å²) in [4.78, 5) is 0. The summed E-state index contributed by atoms with van der Waals surface area (Å²) in [6.07, 6.45) is 0. The van der Waals surface area contributed by atoms with Gasteiger partial charge in [0.2, 0.25) is 0 Å². The minimum atomic E-state index is 0.819. The first-order valence-corrected chi connectivity index (χ1v) is 5.64. The first-order valence-electron chi connectivity index (χ1n) is 3.26. The van der Waals surface area contributed by atoms with Crippen LogP contribution in [0.5, 0.6) is 5.75 Å². The zero-order valence-electron chi connectivity index (χ0n) is 6.62. The third-order valence-electron chi connectivity index (χ3n) is 1.57. The largest absolute Gasteiger partial charge is 0.495 e. The molecule has 0 aliphatic rings. The van der Waals surface area contributed by atoms with Gasteiger partial charge in [-0.05, 0) is 50.4 Å². The Kier molecular flexibility index (Phi) is 3.61. The molecule has 0 aliphatic heterocycles. The SMILES string of the molecule is COc1cc(Br)c(C)c(Br)c1Br. The Hall–Kier alpha value is 0.460. The molecular weight excluding hydrogens is 352 g/mol. The third-order valence-corrected chi connectivity index (χ3v) is 4.71. The number of benzene rings is 1. The normalized spacial score (nSPS) is 10.1. The maximum Gasteiger partial charge on any atom is 0.135 e. The molecule has 1 nitrogen and oxygen atoms in total. The van der Waals surface area contributed by atoms with E-state index in [0.717, 1.165) is 24.7 Å². The van der Waals surface area contributed by atoms with Crippen LogP contribution in [0.4, 0.5) is 0 Å². The average Bonchev–Trinajstić information content (AvgIpc) is 2.08. The number of halogens is 3. The van der Waals surface area contributed by atoms with Crippen LogP contribution in [0.1, 0.15) is 5.56 Å². The van der Waals surface area contributed by atoms with Crippen LogP contribution in [0.25, 0.3) is 0 Å². The Labute approximate surface area is 96.9 Å². The molecule has 1 aromatic rings. The third kappa shape index (κ3) is 1.86. The summed E-state index contributed by atoms with van der Waals surface area (Å²) in [5.41, 5.74) is 1.16. The van der Waals surface area contributed by atoms with Crippen LogP contribution in [0, 0.1) is 6.92 Å². The van der Waals surface area contributed by atoms with E-state index in [2.05, 4.69) is 47.8 Å². The Morgan fingerprint density at radius 2 is 1.75 bits per heavy atom. The Balaban J connectivity index is 3.39. The van der Waals surface area contributed by atoms with Gasteiger partial charge in [0.15, 0.2) is 0 Å². The molecule has 0 heterocycles. The Morgan fingerprint density at radius 1 is 1.17 bits per heavy atom. The molecular formula is C8H7Br3O. The number of methoxy groups -OCH3 is 1. The van der Waals surface area contributed by atoms with E-state index in [4.69, 9.17) is 4.74 Å². The number of ether oxygens (including phenoxy) is 1. The van der Waals surface area contributed by atoms with Gasteiger partial charge >= 0.3 is 0 Å². The molecule has 0 N–H and O–H groups in total. The maximum absolute atomic E-state index is 5.15. The monoisotopic (exact) mass is 356 g/mol. The molecule has 0 aliphatic carbocycles. The van der Waals surface area contributed by atoms with E-state index >= 15 is 0 Å². The van der Waals surface area contributed by atoms with Crippen LogP contribution < -0.4 is 4.74 Å². The summed E-state index contributed by atoms with van der Waals surface area (Å²) in [5, 5.41) is 0. The smallest absolute Gasteiger partial charge is 0.135 e. The minimum absolute atomic E-state index is 0.819. The van der Waals surface area contributed by atoms with Crippen molar-refractivity contribution in [2.75, 3.05) is 7.11 Å². The van der Waals surface area contributed by atoms with E-state index in [1.807, 2.05) is 13.0 Å². The number of hydrogen-bond donors (Lipinski definition) is 0. The topological polar surface area (TPSA) is 9.23 Å². The van der Waals surface area contributed by atoms with Crippen molar-refractivity contribution in [1.29, 1.82) is 0 Å². The van der Waals surface area contributed by atoms with E-state index in [-0.39, 0.29) is 0 Å². The molecule has 0 bridgehead atoms. The molecule has 0 spiro atoms. The fourth-order valence-corrected chi connectivity index (χ4v) is 2.47. The minimum Gasteiger partial charge on any atom is -0.495 e. The summed E-state index contributed by atoms with van der Waals surface area (Å²) >= 11 is 10.3. The van der Waals surface area contributed by atoms with E-state index in [9.17, 15) is 0 Å². The van der Waals surface area contributed by atoms with Gasteiger partial charge in [-0.2, -0.15) is 0 Å². The molecule has 0 saturated carbocycles. The fourth-order valence-electron chi connectivity index (χ4n) is 0.813. The van der Waals surface area contributed by atoms with Crippen molar-refractivity contribution in [3.63, 3.8) is 0 Å². The molecule has 4 heteroatoms. The van der Waals surface area contributed by atoms with E-state index in [1.54, 1.807) is 7.11 Å². The highest BCUT2D eigenvalue weighted by molar-refractivity contribution is 9.13. The zero-order chi connectivity index (χ0) is 9.30. The molecule has 0 unspecified atom stereocenters. The summed E-state index contributed by atoms with van der Waals surface area (Å²) in [6, 6.07) is 1.93. The number of rotatable bonds is 1. The van der Waals surface area contributed by atoms with Crippen molar-refractivity contribution in [3.05, 3.63) is 25.0 Å². The molecule has 0 atom stereocenters. The molecule has 0 radical (unpaired) electrons. The molecule has 0 aromatic heterocycles. The average molecular weight is 359 g/mol. The van der Waals surface area contributed by atoms with Crippen molar-refractivity contribution in [2.45, 2.75) is 6.92 Å². The van der Waals surface area contributed by atoms with Crippen molar-refractivity contribution in [3.8, 4) is 5.75 Å². The first-order chi connectivity index (χ1) is 5.57. The molecule has 0 saturated heterocycles. The second-order valence-electron chi connectivity index (χ2n) is 2.31. The number of hydrogen-bond acceptors (Lipinski definition) is 1. The van der Waals surface area contributed by atoms with Crippen molar-refractivity contribution in [2.24, 2.45) is 0 Å². The quantitative estimate of drug-likeness (QED) is 0.680. The second-order valence-corrected chi connectivity index (χ2v) is 4.75. The lowest BCUT2D eigenvalue weighted by Gasteiger charge is -2.09. The van der Waals surface area contributed by atoms with Crippen LogP contribution in [0.3, 0.4) is 0 Å². The zero-order valence-corrected chi connectivity index (χ0v) is 11.4. The molecule has 66 valence electrons. The van der Waals surface area contributed by atoms with Gasteiger partial charge in [-0.1, -0.05) is 15.9 Å². The Bertz CT molecular complexity index is 310. The molecule has 0 fully saturated rings. The van der Waals surface area contributed by atoms with Gasteiger partial charge in [-0.15, -0.1) is 0 Å². The highest BCUT2D eigenvalue weighted by atomic mass is 79.9. The summed E-state index contributed by atoms with van der Waals surface area (Å²) < 4.78 is 8.16. The van der Waals surface area contributed by atoms with Crippen molar-refractivity contribution < 1.29 is 4.74 Å². The van der Waals surface area contributed by atoms with Gasteiger partial charge in [-0.25, -0.2) is 0 Å². The van der Waals surface area contributed by atoms with Crippen LogP contribution in [-0.2, 0) is 0 Å². The summed E-state index contributed by atoms with van der Waals surface area (Å²) in [7, 11) is 1.65. The molecule has 0 amide bonds. The van der Waals surface area contributed by atoms with Crippen LogP contribution >= 0.6 is 47.8 Å². The van der Waals surface area contributed by atoms with Crippen molar-refractivity contribution in [1.82, 2.24) is 0 Å².